The van der Waals surface area contributed by atoms with Gasteiger partial charge in [0, 0.05) is 5.69 Å². The molecule has 0 bridgehead atoms. The maximum absolute atomic E-state index is 13.0. The summed E-state index contributed by atoms with van der Waals surface area (Å²) in [6.07, 6.45) is 0.941. The first-order valence-electron chi connectivity index (χ1n) is 6.12. The molecule has 0 radical (unpaired) electrons. The molecule has 3 nitrogen and oxygen atoms in total. The van der Waals surface area contributed by atoms with Gasteiger partial charge in [0.1, 0.15) is 11.3 Å². The standard InChI is InChI=1S/C15H13FN2O/c1-2-9-3-6-14-13(7-9)18-15(19-14)11-5-4-10(16)8-12(11)17/h3-8H,2,17H2,1H3. The third-order valence-corrected chi connectivity index (χ3v) is 3.10. The van der Waals surface area contributed by atoms with Crippen molar-refractivity contribution < 1.29 is 8.81 Å². The van der Waals surface area contributed by atoms with Crippen molar-refractivity contribution in [2.24, 2.45) is 0 Å². The summed E-state index contributed by atoms with van der Waals surface area (Å²) < 4.78 is 18.7. The minimum atomic E-state index is -0.370. The molecule has 3 rings (SSSR count). The van der Waals surface area contributed by atoms with Crippen LogP contribution < -0.4 is 5.73 Å². The zero-order chi connectivity index (χ0) is 13.4. The average Bonchev–Trinajstić information content (AvgIpc) is 2.80. The van der Waals surface area contributed by atoms with Crippen molar-refractivity contribution in [1.29, 1.82) is 0 Å². The van der Waals surface area contributed by atoms with Crippen molar-refractivity contribution in [3.05, 3.63) is 47.8 Å². The van der Waals surface area contributed by atoms with Gasteiger partial charge < -0.3 is 10.2 Å². The normalized spacial score (nSPS) is 11.1. The van der Waals surface area contributed by atoms with Gasteiger partial charge in [0.15, 0.2) is 5.58 Å². The summed E-state index contributed by atoms with van der Waals surface area (Å²) in [4.78, 5) is 4.41. The Labute approximate surface area is 109 Å². The second kappa shape index (κ2) is 4.39. The van der Waals surface area contributed by atoms with Crippen LogP contribution in [0, 0.1) is 5.82 Å². The third-order valence-electron chi connectivity index (χ3n) is 3.10. The number of fused-ring (bicyclic) bond motifs is 1. The summed E-state index contributed by atoms with van der Waals surface area (Å²) >= 11 is 0. The van der Waals surface area contributed by atoms with E-state index in [2.05, 4.69) is 11.9 Å². The third kappa shape index (κ3) is 2.05. The minimum Gasteiger partial charge on any atom is -0.436 e. The van der Waals surface area contributed by atoms with Crippen molar-refractivity contribution >= 4 is 16.8 Å². The fourth-order valence-electron chi connectivity index (χ4n) is 2.04. The first kappa shape index (κ1) is 11.7. The first-order chi connectivity index (χ1) is 9.17. The van der Waals surface area contributed by atoms with Crippen LogP contribution in [-0.2, 0) is 6.42 Å². The lowest BCUT2D eigenvalue weighted by Gasteiger charge is -2.00. The van der Waals surface area contributed by atoms with Gasteiger partial charge in [-0.1, -0.05) is 13.0 Å². The molecule has 96 valence electrons. The molecule has 0 atom stereocenters. The molecule has 0 spiro atoms. The number of nitrogens with two attached hydrogens (primary N) is 1. The van der Waals surface area contributed by atoms with Gasteiger partial charge >= 0.3 is 0 Å². The van der Waals surface area contributed by atoms with Crippen LogP contribution >= 0.6 is 0 Å². The van der Waals surface area contributed by atoms with Crippen LogP contribution in [0.2, 0.25) is 0 Å². The van der Waals surface area contributed by atoms with Crippen LogP contribution in [0.3, 0.4) is 0 Å². The smallest absolute Gasteiger partial charge is 0.229 e. The largest absolute Gasteiger partial charge is 0.436 e. The number of benzene rings is 2. The van der Waals surface area contributed by atoms with Gasteiger partial charge in [-0.3, -0.25) is 0 Å². The molecule has 1 aromatic heterocycles. The molecule has 4 heteroatoms. The number of oxazole rings is 1. The van der Waals surface area contributed by atoms with Gasteiger partial charge in [-0.05, 0) is 42.3 Å². The summed E-state index contributed by atoms with van der Waals surface area (Å²) in [5, 5.41) is 0. The van der Waals surface area contributed by atoms with Crippen LogP contribution in [0.15, 0.2) is 40.8 Å². The van der Waals surface area contributed by atoms with Crippen molar-refractivity contribution in [1.82, 2.24) is 4.98 Å². The van der Waals surface area contributed by atoms with Crippen LogP contribution in [-0.4, -0.2) is 4.98 Å². The molecular weight excluding hydrogens is 243 g/mol. The summed E-state index contributed by atoms with van der Waals surface area (Å²) in [5.74, 6) is 0.0476. The molecule has 0 fully saturated rings. The molecule has 0 aliphatic rings. The number of rotatable bonds is 2. The maximum atomic E-state index is 13.0. The topological polar surface area (TPSA) is 52.0 Å². The zero-order valence-electron chi connectivity index (χ0n) is 10.5. The van der Waals surface area contributed by atoms with E-state index in [1.807, 2.05) is 18.2 Å². The van der Waals surface area contributed by atoms with E-state index in [1.165, 1.54) is 17.7 Å². The fourth-order valence-corrected chi connectivity index (χ4v) is 2.04. The highest BCUT2D eigenvalue weighted by molar-refractivity contribution is 5.80. The van der Waals surface area contributed by atoms with E-state index in [9.17, 15) is 4.39 Å². The van der Waals surface area contributed by atoms with E-state index in [-0.39, 0.29) is 5.82 Å². The molecule has 2 N–H and O–H groups in total. The highest BCUT2D eigenvalue weighted by atomic mass is 19.1. The highest BCUT2D eigenvalue weighted by Gasteiger charge is 2.11. The van der Waals surface area contributed by atoms with Crippen molar-refractivity contribution in [3.8, 4) is 11.5 Å². The Morgan fingerprint density at radius 1 is 1.21 bits per heavy atom. The summed E-state index contributed by atoms with van der Waals surface area (Å²) in [6.45, 7) is 2.08. The average molecular weight is 256 g/mol. The number of anilines is 1. The second-order valence-corrected chi connectivity index (χ2v) is 4.41. The highest BCUT2D eigenvalue weighted by Crippen LogP contribution is 2.29. The fraction of sp³-hybridized carbons (Fsp3) is 0.133. The summed E-state index contributed by atoms with van der Waals surface area (Å²) in [7, 11) is 0. The van der Waals surface area contributed by atoms with Gasteiger partial charge in [0.2, 0.25) is 5.89 Å². The van der Waals surface area contributed by atoms with Crippen molar-refractivity contribution in [2.75, 3.05) is 5.73 Å². The van der Waals surface area contributed by atoms with Gasteiger partial charge in [0.25, 0.3) is 0 Å². The number of aryl methyl sites for hydroxylation is 1. The van der Waals surface area contributed by atoms with Crippen LogP contribution in [0.5, 0.6) is 0 Å². The summed E-state index contributed by atoms with van der Waals surface area (Å²) in [6, 6.07) is 10.1. The molecule has 0 aliphatic heterocycles. The predicted octanol–water partition coefficient (Wildman–Crippen LogP) is 3.78. The van der Waals surface area contributed by atoms with E-state index in [4.69, 9.17) is 10.2 Å². The Morgan fingerprint density at radius 3 is 2.79 bits per heavy atom. The molecule has 3 aromatic rings. The van der Waals surface area contributed by atoms with Gasteiger partial charge in [0.05, 0.1) is 5.56 Å². The van der Waals surface area contributed by atoms with Crippen molar-refractivity contribution in [3.63, 3.8) is 0 Å². The Balaban J connectivity index is 2.14. The Bertz CT molecular complexity index is 749. The predicted molar refractivity (Wildman–Crippen MR) is 73.2 cm³/mol. The molecule has 1 heterocycles. The molecule has 0 saturated heterocycles. The maximum Gasteiger partial charge on any atom is 0.229 e. The van der Waals surface area contributed by atoms with Crippen LogP contribution in [0.4, 0.5) is 10.1 Å². The Morgan fingerprint density at radius 2 is 2.05 bits per heavy atom. The minimum absolute atomic E-state index is 0.322. The second-order valence-electron chi connectivity index (χ2n) is 4.41. The molecule has 0 amide bonds. The van der Waals surface area contributed by atoms with E-state index < -0.39 is 0 Å². The molecular formula is C15H13FN2O. The van der Waals surface area contributed by atoms with Crippen molar-refractivity contribution in [2.45, 2.75) is 13.3 Å². The van der Waals surface area contributed by atoms with E-state index in [0.717, 1.165) is 11.9 Å². The van der Waals surface area contributed by atoms with E-state index >= 15 is 0 Å². The number of hydrogen-bond acceptors (Lipinski definition) is 3. The molecule has 0 saturated carbocycles. The first-order valence-corrected chi connectivity index (χ1v) is 6.12. The lowest BCUT2D eigenvalue weighted by atomic mass is 10.1. The SMILES string of the molecule is CCc1ccc2oc(-c3ccc(F)cc3N)nc2c1. The molecule has 0 unspecified atom stereocenters. The number of hydrogen-bond donors (Lipinski definition) is 1. The molecule has 2 aromatic carbocycles. The number of aromatic nitrogens is 1. The monoisotopic (exact) mass is 256 g/mol. The Hall–Kier alpha value is -2.36. The molecule has 19 heavy (non-hydrogen) atoms. The van der Waals surface area contributed by atoms with E-state index in [1.54, 1.807) is 6.07 Å². The zero-order valence-corrected chi connectivity index (χ0v) is 10.5. The van der Waals surface area contributed by atoms with Crippen LogP contribution in [0.1, 0.15) is 12.5 Å². The quantitative estimate of drug-likeness (QED) is 0.710. The van der Waals surface area contributed by atoms with Gasteiger partial charge in [-0.2, -0.15) is 0 Å². The lowest BCUT2D eigenvalue weighted by molar-refractivity contribution is 0.617. The molecule has 0 aliphatic carbocycles. The number of nitrogens with zero attached hydrogens (tertiary/aromatic N) is 1. The Kier molecular flexibility index (Phi) is 2.71. The van der Waals surface area contributed by atoms with Gasteiger partial charge in [-0.25, -0.2) is 9.37 Å². The number of nitrogen functional groups attached to an aromatic ring is 1. The van der Waals surface area contributed by atoms with E-state index in [0.29, 0.717) is 22.7 Å². The van der Waals surface area contributed by atoms with Crippen LogP contribution in [0.25, 0.3) is 22.6 Å². The van der Waals surface area contributed by atoms with Gasteiger partial charge in [-0.15, -0.1) is 0 Å². The summed E-state index contributed by atoms with van der Waals surface area (Å²) in [5.41, 5.74) is 9.41. The lowest BCUT2D eigenvalue weighted by Crippen LogP contribution is -1.91. The number of halogens is 1.